The van der Waals surface area contributed by atoms with Crippen LogP contribution in [0.1, 0.15) is 34.1 Å². The monoisotopic (exact) mass is 303 g/mol. The van der Waals surface area contributed by atoms with E-state index in [0.717, 1.165) is 0 Å². The number of carbonyl (C=O) groups excluding carboxylic acids is 1. The Balaban J connectivity index is 2.79. The van der Waals surface area contributed by atoms with Gasteiger partial charge in [-0.1, -0.05) is 0 Å². The van der Waals surface area contributed by atoms with Crippen LogP contribution in [0.3, 0.4) is 0 Å². The third-order valence-corrected chi connectivity index (χ3v) is 2.90. The van der Waals surface area contributed by atoms with Crippen LogP contribution in [0, 0.1) is 0 Å². The lowest BCUT2D eigenvalue weighted by Gasteiger charge is -2.33. The molecule has 0 aromatic heterocycles. The second kappa shape index (κ2) is 7.61. The van der Waals surface area contributed by atoms with Gasteiger partial charge in [0.05, 0.1) is 25.8 Å². The molecule has 0 saturated carbocycles. The highest BCUT2D eigenvalue weighted by molar-refractivity contribution is 5.74. The first-order valence-electron chi connectivity index (χ1n) is 7.17. The topological polar surface area (TPSA) is 85.3 Å². The van der Waals surface area contributed by atoms with Gasteiger partial charge in [0.2, 0.25) is 0 Å². The zero-order valence-corrected chi connectivity index (χ0v) is 13.1. The summed E-state index contributed by atoms with van der Waals surface area (Å²) in [6.07, 6.45) is -1.24. The second-order valence-corrected chi connectivity index (χ2v) is 5.95. The average molecular weight is 303 g/mol. The molecule has 0 bridgehead atoms. The average Bonchev–Trinajstić information content (AvgIpc) is 2.29. The number of hydrogen-bond acceptors (Lipinski definition) is 5. The molecular formula is C14H25NO6. The maximum Gasteiger partial charge on any atom is 0.410 e. The fraction of sp³-hybridized carbons (Fsp3) is 0.857. The summed E-state index contributed by atoms with van der Waals surface area (Å²) in [5, 5.41) is 9.12. The van der Waals surface area contributed by atoms with Crippen LogP contribution in [0.5, 0.6) is 0 Å². The minimum atomic E-state index is -1.08. The molecule has 0 unspecified atom stereocenters. The summed E-state index contributed by atoms with van der Waals surface area (Å²) >= 11 is 0. The van der Waals surface area contributed by atoms with Crippen molar-refractivity contribution in [2.24, 2.45) is 0 Å². The molecule has 1 aliphatic rings. The zero-order chi connectivity index (χ0) is 16.0. The molecule has 21 heavy (non-hydrogen) atoms. The van der Waals surface area contributed by atoms with Crippen LogP contribution in [0.2, 0.25) is 0 Å². The molecule has 0 radical (unpaired) electrons. The smallest absolute Gasteiger partial charge is 0.410 e. The molecule has 0 spiro atoms. The van der Waals surface area contributed by atoms with Crippen molar-refractivity contribution >= 4 is 12.1 Å². The van der Waals surface area contributed by atoms with Crippen molar-refractivity contribution in [3.63, 3.8) is 0 Å². The summed E-state index contributed by atoms with van der Waals surface area (Å²) in [6, 6.07) is 0. The van der Waals surface area contributed by atoms with E-state index in [1.807, 2.05) is 6.92 Å². The summed E-state index contributed by atoms with van der Waals surface area (Å²) in [5.74, 6) is -1.08. The minimum Gasteiger partial charge on any atom is -0.479 e. The van der Waals surface area contributed by atoms with Crippen molar-refractivity contribution in [3.8, 4) is 0 Å². The molecule has 1 N–H and O–H groups in total. The van der Waals surface area contributed by atoms with E-state index in [4.69, 9.17) is 19.3 Å². The highest BCUT2D eigenvalue weighted by atomic mass is 16.6. The van der Waals surface area contributed by atoms with Gasteiger partial charge in [0.1, 0.15) is 5.60 Å². The molecule has 0 aliphatic carbocycles. The number of hydrogen-bond donors (Lipinski definition) is 1. The summed E-state index contributed by atoms with van der Waals surface area (Å²) in [5.41, 5.74) is -0.639. The molecule has 7 heteroatoms. The normalized spacial score (nSPS) is 24.1. The van der Waals surface area contributed by atoms with Gasteiger partial charge in [0.15, 0.2) is 6.10 Å². The van der Waals surface area contributed by atoms with Gasteiger partial charge in [-0.15, -0.1) is 0 Å². The first-order chi connectivity index (χ1) is 9.73. The summed E-state index contributed by atoms with van der Waals surface area (Å²) in [7, 11) is 0. The van der Waals surface area contributed by atoms with Crippen LogP contribution >= 0.6 is 0 Å². The molecule has 1 rings (SSSR count). The Bertz CT molecular complexity index is 365. The van der Waals surface area contributed by atoms with Gasteiger partial charge < -0.3 is 24.2 Å². The SMILES string of the molecule is CCO[C@H]1CCO[C@H](C(=O)O)CN(C(=O)OC(C)(C)C)C1. The van der Waals surface area contributed by atoms with Crippen LogP contribution in [-0.2, 0) is 19.0 Å². The van der Waals surface area contributed by atoms with E-state index in [1.165, 1.54) is 4.90 Å². The van der Waals surface area contributed by atoms with E-state index in [-0.39, 0.29) is 12.6 Å². The predicted octanol–water partition coefficient (Wildman–Crippen LogP) is 1.50. The molecule has 1 heterocycles. The highest BCUT2D eigenvalue weighted by Crippen LogP contribution is 2.15. The zero-order valence-electron chi connectivity index (χ0n) is 13.1. The Morgan fingerprint density at radius 3 is 2.52 bits per heavy atom. The molecule has 1 aliphatic heterocycles. The lowest BCUT2D eigenvalue weighted by molar-refractivity contribution is -0.154. The number of carbonyl (C=O) groups is 2. The van der Waals surface area contributed by atoms with Gasteiger partial charge in [-0.25, -0.2) is 9.59 Å². The number of nitrogens with zero attached hydrogens (tertiary/aromatic N) is 1. The lowest BCUT2D eigenvalue weighted by Crippen LogP contribution is -2.49. The van der Waals surface area contributed by atoms with Gasteiger partial charge in [0.25, 0.3) is 0 Å². The Labute approximate surface area is 125 Å². The third kappa shape index (κ3) is 6.31. The Morgan fingerprint density at radius 2 is 2.00 bits per heavy atom. The van der Waals surface area contributed by atoms with Gasteiger partial charge >= 0.3 is 12.1 Å². The highest BCUT2D eigenvalue weighted by Gasteiger charge is 2.32. The molecule has 1 fully saturated rings. The minimum absolute atomic E-state index is 0.0478. The maximum absolute atomic E-state index is 12.2. The van der Waals surface area contributed by atoms with Crippen molar-refractivity contribution in [2.45, 2.75) is 51.9 Å². The number of aliphatic carboxylic acids is 1. The van der Waals surface area contributed by atoms with Gasteiger partial charge in [0, 0.05) is 6.61 Å². The maximum atomic E-state index is 12.2. The van der Waals surface area contributed by atoms with Crippen LogP contribution in [0.25, 0.3) is 0 Å². The van der Waals surface area contributed by atoms with E-state index >= 15 is 0 Å². The van der Waals surface area contributed by atoms with Gasteiger partial charge in [-0.05, 0) is 34.1 Å². The number of carboxylic acids is 1. The Hall–Kier alpha value is -1.34. The van der Waals surface area contributed by atoms with Crippen molar-refractivity contribution in [2.75, 3.05) is 26.3 Å². The summed E-state index contributed by atoms with van der Waals surface area (Å²) < 4.78 is 16.2. The molecular weight excluding hydrogens is 278 g/mol. The molecule has 1 amide bonds. The van der Waals surface area contributed by atoms with Gasteiger partial charge in [-0.2, -0.15) is 0 Å². The number of rotatable bonds is 3. The first kappa shape index (κ1) is 17.7. The first-order valence-corrected chi connectivity index (χ1v) is 7.17. The molecule has 1 saturated heterocycles. The van der Waals surface area contributed by atoms with Crippen molar-refractivity contribution < 1.29 is 28.9 Å². The number of carboxylic acid groups (broad SMARTS) is 1. The molecule has 0 aromatic rings. The third-order valence-electron chi connectivity index (χ3n) is 2.90. The van der Waals surface area contributed by atoms with Gasteiger partial charge in [-0.3, -0.25) is 0 Å². The van der Waals surface area contributed by atoms with E-state index in [1.54, 1.807) is 20.8 Å². The van der Waals surface area contributed by atoms with E-state index < -0.39 is 23.8 Å². The summed E-state index contributed by atoms with van der Waals surface area (Å²) in [6.45, 7) is 8.24. The Kier molecular flexibility index (Phi) is 6.42. The quantitative estimate of drug-likeness (QED) is 0.850. The van der Waals surface area contributed by atoms with E-state index in [9.17, 15) is 9.59 Å². The molecule has 0 aromatic carbocycles. The number of amides is 1. The van der Waals surface area contributed by atoms with E-state index in [0.29, 0.717) is 26.2 Å². The largest absolute Gasteiger partial charge is 0.479 e. The molecule has 2 atom stereocenters. The molecule has 7 nitrogen and oxygen atoms in total. The summed E-state index contributed by atoms with van der Waals surface area (Å²) in [4.78, 5) is 24.7. The molecule has 122 valence electrons. The van der Waals surface area contributed by atoms with Crippen LogP contribution in [0.4, 0.5) is 4.79 Å². The standard InChI is InChI=1S/C14H25NO6/c1-5-19-10-6-7-20-11(12(16)17)9-15(8-10)13(18)21-14(2,3)4/h10-11H,5-9H2,1-4H3,(H,16,17)/t10-,11-/m0/s1. The van der Waals surface area contributed by atoms with Crippen LogP contribution < -0.4 is 0 Å². The van der Waals surface area contributed by atoms with Crippen molar-refractivity contribution in [1.82, 2.24) is 4.90 Å². The predicted molar refractivity (Wildman–Crippen MR) is 75.2 cm³/mol. The number of ether oxygens (including phenoxy) is 3. The fourth-order valence-corrected chi connectivity index (χ4v) is 2.00. The second-order valence-electron chi connectivity index (χ2n) is 5.95. The van der Waals surface area contributed by atoms with Crippen molar-refractivity contribution in [3.05, 3.63) is 0 Å². The fourth-order valence-electron chi connectivity index (χ4n) is 2.00. The van der Waals surface area contributed by atoms with Crippen LogP contribution in [-0.4, -0.2) is 66.2 Å². The Morgan fingerprint density at radius 1 is 1.33 bits per heavy atom. The lowest BCUT2D eigenvalue weighted by atomic mass is 10.2. The van der Waals surface area contributed by atoms with Crippen molar-refractivity contribution in [1.29, 1.82) is 0 Å². The van der Waals surface area contributed by atoms with Crippen LogP contribution in [0.15, 0.2) is 0 Å². The van der Waals surface area contributed by atoms with E-state index in [2.05, 4.69) is 0 Å².